The van der Waals surface area contributed by atoms with E-state index in [0.717, 1.165) is 15.1 Å². The first kappa shape index (κ1) is 17.4. The lowest BCUT2D eigenvalue weighted by molar-refractivity contribution is 0.532. The lowest BCUT2D eigenvalue weighted by Crippen LogP contribution is -2.29. The number of H-pyrrole nitrogens is 1. The lowest BCUT2D eigenvalue weighted by Gasteiger charge is -2.12. The molecule has 128 valence electrons. The monoisotopic (exact) mass is 430 g/mol. The van der Waals surface area contributed by atoms with Crippen LogP contribution in [0.3, 0.4) is 0 Å². The van der Waals surface area contributed by atoms with Crippen LogP contribution in [0.1, 0.15) is 11.9 Å². The molecule has 3 rings (SSSR count). The third-order valence-corrected chi connectivity index (χ3v) is 6.36. The van der Waals surface area contributed by atoms with E-state index in [-0.39, 0.29) is 5.92 Å². The number of hydrogen-bond donors (Lipinski definition) is 1. The van der Waals surface area contributed by atoms with E-state index in [2.05, 4.69) is 43.0 Å². The van der Waals surface area contributed by atoms with Crippen LogP contribution in [-0.4, -0.2) is 35.1 Å². The summed E-state index contributed by atoms with van der Waals surface area (Å²) in [4.78, 5) is 30.5. The van der Waals surface area contributed by atoms with Crippen molar-refractivity contribution in [2.45, 2.75) is 24.7 Å². The fourth-order valence-electron chi connectivity index (χ4n) is 2.29. The third-order valence-electron chi connectivity index (χ3n) is 3.45. The van der Waals surface area contributed by atoms with Gasteiger partial charge in [0.25, 0.3) is 5.56 Å². The van der Waals surface area contributed by atoms with E-state index < -0.39 is 11.2 Å². The molecular weight excluding hydrogens is 416 g/mol. The minimum Gasteiger partial charge on any atom is -0.312 e. The van der Waals surface area contributed by atoms with Gasteiger partial charge in [0.2, 0.25) is 0 Å². The van der Waals surface area contributed by atoms with Crippen LogP contribution in [0.5, 0.6) is 0 Å². The van der Waals surface area contributed by atoms with Gasteiger partial charge in [-0.3, -0.25) is 14.3 Å². The van der Waals surface area contributed by atoms with Crippen LogP contribution in [0.2, 0.25) is 0 Å². The minimum atomic E-state index is -0.472. The van der Waals surface area contributed by atoms with Crippen molar-refractivity contribution in [1.29, 1.82) is 0 Å². The highest BCUT2D eigenvalue weighted by Crippen LogP contribution is 2.25. The van der Waals surface area contributed by atoms with Crippen LogP contribution >= 0.6 is 39.0 Å². The molecule has 0 amide bonds. The van der Waals surface area contributed by atoms with Crippen molar-refractivity contribution in [1.82, 2.24) is 29.3 Å². The van der Waals surface area contributed by atoms with E-state index in [4.69, 9.17) is 0 Å². The first-order chi connectivity index (χ1) is 11.4. The van der Waals surface area contributed by atoms with Crippen molar-refractivity contribution in [3.63, 3.8) is 0 Å². The molecule has 8 nitrogen and oxygen atoms in total. The van der Waals surface area contributed by atoms with Crippen molar-refractivity contribution >= 4 is 50.2 Å². The zero-order valence-corrected chi connectivity index (χ0v) is 16.5. The van der Waals surface area contributed by atoms with Crippen molar-refractivity contribution in [2.75, 3.05) is 5.75 Å². The van der Waals surface area contributed by atoms with Gasteiger partial charge in [-0.05, 0) is 28.8 Å². The maximum absolute atomic E-state index is 12.2. The molecule has 11 heteroatoms. The summed E-state index contributed by atoms with van der Waals surface area (Å²) in [6.07, 6.45) is 0. The molecule has 24 heavy (non-hydrogen) atoms. The molecule has 0 aliphatic heterocycles. The Kier molecular flexibility index (Phi) is 4.92. The summed E-state index contributed by atoms with van der Waals surface area (Å²) in [5.74, 6) is 1.11. The van der Waals surface area contributed by atoms with Crippen LogP contribution in [0.15, 0.2) is 18.7 Å². The summed E-state index contributed by atoms with van der Waals surface area (Å²) in [5.41, 5.74) is -0.131. The summed E-state index contributed by atoms with van der Waals surface area (Å²) in [7, 11) is 1.58. The van der Waals surface area contributed by atoms with Crippen LogP contribution in [-0.2, 0) is 13.6 Å². The van der Waals surface area contributed by atoms with Gasteiger partial charge in [-0.15, -0.1) is 10.2 Å². The number of aromatic nitrogens is 6. The number of hydrogen-bond acceptors (Lipinski definition) is 7. The Morgan fingerprint density at radius 2 is 2.12 bits per heavy atom. The second-order valence-corrected chi connectivity index (χ2v) is 8.64. The van der Waals surface area contributed by atoms with Gasteiger partial charge < -0.3 is 4.57 Å². The summed E-state index contributed by atoms with van der Waals surface area (Å²) < 4.78 is 4.60. The summed E-state index contributed by atoms with van der Waals surface area (Å²) in [5, 5.41) is 9.05. The zero-order chi connectivity index (χ0) is 17.4. The van der Waals surface area contributed by atoms with E-state index in [1.807, 2.05) is 6.92 Å². The Morgan fingerprint density at radius 1 is 1.38 bits per heavy atom. The first-order valence-electron chi connectivity index (χ1n) is 7.14. The maximum atomic E-state index is 12.2. The molecule has 0 aliphatic rings. The molecule has 3 aromatic rings. The van der Waals surface area contributed by atoms with E-state index in [9.17, 15) is 9.59 Å². The number of aromatic amines is 1. The maximum Gasteiger partial charge on any atom is 0.329 e. The van der Waals surface area contributed by atoms with E-state index in [0.29, 0.717) is 22.4 Å². The predicted octanol–water partition coefficient (Wildman–Crippen LogP) is 1.77. The smallest absolute Gasteiger partial charge is 0.312 e. The van der Waals surface area contributed by atoms with Gasteiger partial charge in [0.1, 0.15) is 5.01 Å². The highest BCUT2D eigenvalue weighted by molar-refractivity contribution is 9.10. The third kappa shape index (κ3) is 3.33. The molecule has 0 bridgehead atoms. The molecule has 0 radical (unpaired) electrons. The molecule has 3 heterocycles. The van der Waals surface area contributed by atoms with E-state index >= 15 is 0 Å². The number of nitrogens with one attached hydrogen (secondary N) is 1. The second-order valence-electron chi connectivity index (χ2n) is 5.49. The molecule has 0 saturated carbocycles. The normalized spacial score (nSPS) is 12.8. The zero-order valence-electron chi connectivity index (χ0n) is 13.2. The molecule has 1 unspecified atom stereocenters. The van der Waals surface area contributed by atoms with Crippen molar-refractivity contribution in [3.8, 4) is 0 Å². The molecular formula is C13H15BrN6O2S2. The summed E-state index contributed by atoms with van der Waals surface area (Å²) in [6, 6.07) is 0. The number of nitrogens with zero attached hydrogens (tertiary/aromatic N) is 5. The van der Waals surface area contributed by atoms with Gasteiger partial charge in [0, 0.05) is 19.3 Å². The molecule has 0 fully saturated rings. The molecule has 1 N–H and O–H groups in total. The summed E-state index contributed by atoms with van der Waals surface area (Å²) >= 11 is 6.60. The minimum absolute atomic E-state index is 0.268. The quantitative estimate of drug-likeness (QED) is 0.489. The Morgan fingerprint density at radius 3 is 2.79 bits per heavy atom. The van der Waals surface area contributed by atoms with Crippen LogP contribution in [0.25, 0.3) is 11.2 Å². The van der Waals surface area contributed by atoms with Gasteiger partial charge in [0.15, 0.2) is 20.2 Å². The fourth-order valence-corrected chi connectivity index (χ4v) is 4.63. The first-order valence-corrected chi connectivity index (χ1v) is 9.74. The molecule has 0 aromatic carbocycles. The van der Waals surface area contributed by atoms with Crippen LogP contribution < -0.4 is 11.2 Å². The van der Waals surface area contributed by atoms with Crippen LogP contribution in [0, 0.1) is 12.8 Å². The fraction of sp³-hybridized carbons (Fsp3) is 0.462. The molecule has 0 spiro atoms. The number of thioether (sulfide) groups is 1. The second kappa shape index (κ2) is 6.81. The molecule has 1 atom stereocenters. The number of halogens is 1. The number of fused-ring (bicyclic) bond motifs is 1. The SMILES string of the molecule is Cc1nnc(SCC(C)Cn2c(Br)nc3c2c(=O)[nH]c(=O)n3C)s1. The Balaban J connectivity index is 1.84. The van der Waals surface area contributed by atoms with Crippen molar-refractivity contribution in [2.24, 2.45) is 13.0 Å². The molecule has 3 aromatic heterocycles. The lowest BCUT2D eigenvalue weighted by atomic mass is 10.2. The molecule has 0 aliphatic carbocycles. The number of rotatable bonds is 5. The average Bonchev–Trinajstić information content (AvgIpc) is 3.07. The van der Waals surface area contributed by atoms with Gasteiger partial charge in [-0.1, -0.05) is 30.0 Å². The average molecular weight is 431 g/mol. The van der Waals surface area contributed by atoms with Gasteiger partial charge >= 0.3 is 5.69 Å². The largest absolute Gasteiger partial charge is 0.329 e. The van der Waals surface area contributed by atoms with E-state index in [1.165, 1.54) is 4.57 Å². The topological polar surface area (TPSA) is 98.5 Å². The molecule has 0 saturated heterocycles. The predicted molar refractivity (Wildman–Crippen MR) is 97.8 cm³/mol. The van der Waals surface area contributed by atoms with Crippen LogP contribution in [0.4, 0.5) is 0 Å². The standard InChI is InChI=1S/C13H15BrN6O2S2/c1-6(5-23-13-18-17-7(2)24-13)4-20-8-9(15-11(20)14)19(3)12(22)16-10(8)21/h6H,4-5H2,1-3H3,(H,16,21,22). The highest BCUT2D eigenvalue weighted by atomic mass is 79.9. The van der Waals surface area contributed by atoms with Gasteiger partial charge in [-0.2, -0.15) is 0 Å². The Hall–Kier alpha value is -1.46. The summed E-state index contributed by atoms with van der Waals surface area (Å²) in [6.45, 7) is 4.62. The number of aryl methyl sites for hydroxylation is 2. The number of imidazole rings is 1. The highest BCUT2D eigenvalue weighted by Gasteiger charge is 2.18. The van der Waals surface area contributed by atoms with Gasteiger partial charge in [-0.25, -0.2) is 9.78 Å². The van der Waals surface area contributed by atoms with E-state index in [1.54, 1.807) is 34.7 Å². The Labute approximate surface area is 153 Å². The Bertz CT molecular complexity index is 1000. The van der Waals surface area contributed by atoms with Crippen molar-refractivity contribution < 1.29 is 0 Å². The van der Waals surface area contributed by atoms with Gasteiger partial charge in [0.05, 0.1) is 0 Å². The van der Waals surface area contributed by atoms with Crippen molar-refractivity contribution in [3.05, 3.63) is 30.6 Å².